The van der Waals surface area contributed by atoms with Crippen molar-refractivity contribution in [1.29, 1.82) is 0 Å². The van der Waals surface area contributed by atoms with Crippen LogP contribution in [0.15, 0.2) is 18.2 Å². The van der Waals surface area contributed by atoms with Crippen LogP contribution in [0.2, 0.25) is 0 Å². The number of benzene rings is 1. The highest BCUT2D eigenvalue weighted by atomic mass is 16.2. The molecule has 1 aliphatic heterocycles. The molecule has 1 fully saturated rings. The second-order valence-corrected chi connectivity index (χ2v) is 6.25. The van der Waals surface area contributed by atoms with Gasteiger partial charge in [0.15, 0.2) is 0 Å². The number of nitrogens with zero attached hydrogens (tertiary/aromatic N) is 3. The van der Waals surface area contributed by atoms with Gasteiger partial charge in [-0.3, -0.25) is 0 Å². The van der Waals surface area contributed by atoms with Crippen LogP contribution in [0, 0.1) is 13.8 Å². The molecule has 122 valence electrons. The first-order valence-electron chi connectivity index (χ1n) is 8.35. The van der Waals surface area contributed by atoms with E-state index in [-0.39, 0.29) is 6.03 Å². The van der Waals surface area contributed by atoms with Crippen LogP contribution in [0.1, 0.15) is 30.9 Å². The Hall–Kier alpha value is -1.71. The van der Waals surface area contributed by atoms with Crippen LogP contribution in [-0.2, 0) is 0 Å². The summed E-state index contributed by atoms with van der Waals surface area (Å²) in [5.74, 6) is 0. The summed E-state index contributed by atoms with van der Waals surface area (Å²) < 4.78 is 0. The minimum atomic E-state index is 0.175. The minimum absolute atomic E-state index is 0.175. The molecule has 0 bridgehead atoms. The van der Waals surface area contributed by atoms with Gasteiger partial charge in [-0.25, -0.2) is 4.79 Å². The van der Waals surface area contributed by atoms with Gasteiger partial charge in [0, 0.05) is 45.5 Å². The van der Waals surface area contributed by atoms with Gasteiger partial charge in [0.2, 0.25) is 0 Å². The van der Waals surface area contributed by atoms with Gasteiger partial charge >= 0.3 is 6.03 Å². The largest absolute Gasteiger partial charge is 0.368 e. The van der Waals surface area contributed by atoms with E-state index in [9.17, 15) is 4.79 Å². The summed E-state index contributed by atoms with van der Waals surface area (Å²) in [5, 5.41) is 0. The van der Waals surface area contributed by atoms with Crippen LogP contribution in [0.4, 0.5) is 10.5 Å². The third-order valence-corrected chi connectivity index (χ3v) is 4.64. The lowest BCUT2D eigenvalue weighted by molar-refractivity contribution is 0.159. The molecule has 1 aliphatic rings. The highest BCUT2D eigenvalue weighted by molar-refractivity contribution is 5.74. The lowest BCUT2D eigenvalue weighted by Crippen LogP contribution is -2.52. The van der Waals surface area contributed by atoms with Crippen LogP contribution in [0.5, 0.6) is 0 Å². The number of piperazine rings is 1. The Bertz CT molecular complexity index is 507. The molecule has 4 nitrogen and oxygen atoms in total. The number of carbonyl (C=O) groups excluding carboxylic acids is 1. The van der Waals surface area contributed by atoms with Gasteiger partial charge in [0.25, 0.3) is 0 Å². The fourth-order valence-electron chi connectivity index (χ4n) is 2.95. The van der Waals surface area contributed by atoms with Crippen LogP contribution in [0.25, 0.3) is 0 Å². The number of carbonyl (C=O) groups is 1. The first-order chi connectivity index (χ1) is 10.5. The standard InChI is InChI=1S/C18H29N3O/c1-5-6-10-19(4)18(22)21-13-11-20(12-14-21)17-9-7-8-15(2)16(17)3/h7-9H,5-6,10-14H2,1-4H3. The van der Waals surface area contributed by atoms with Gasteiger partial charge in [-0.15, -0.1) is 0 Å². The maximum atomic E-state index is 12.4. The smallest absolute Gasteiger partial charge is 0.319 e. The molecule has 0 radical (unpaired) electrons. The fraction of sp³-hybridized carbons (Fsp3) is 0.611. The molecule has 1 aromatic carbocycles. The molecule has 1 saturated heterocycles. The predicted octanol–water partition coefficient (Wildman–Crippen LogP) is 3.28. The summed E-state index contributed by atoms with van der Waals surface area (Å²) in [4.78, 5) is 18.6. The summed E-state index contributed by atoms with van der Waals surface area (Å²) in [5.41, 5.74) is 3.99. The minimum Gasteiger partial charge on any atom is -0.368 e. The molecule has 2 amide bonds. The SMILES string of the molecule is CCCCN(C)C(=O)N1CCN(c2cccc(C)c2C)CC1. The van der Waals surface area contributed by atoms with Crippen molar-refractivity contribution in [2.75, 3.05) is 44.7 Å². The number of urea groups is 1. The van der Waals surface area contributed by atoms with Crippen molar-refractivity contribution in [3.05, 3.63) is 29.3 Å². The molecule has 1 aromatic rings. The van der Waals surface area contributed by atoms with E-state index >= 15 is 0 Å². The number of anilines is 1. The van der Waals surface area contributed by atoms with Crippen molar-refractivity contribution < 1.29 is 4.79 Å². The molecule has 0 N–H and O–H groups in total. The van der Waals surface area contributed by atoms with Gasteiger partial charge in [-0.2, -0.15) is 0 Å². The maximum absolute atomic E-state index is 12.4. The van der Waals surface area contributed by atoms with Crippen molar-refractivity contribution in [2.24, 2.45) is 0 Å². The van der Waals surface area contributed by atoms with Crippen LogP contribution >= 0.6 is 0 Å². The average Bonchev–Trinajstić information content (AvgIpc) is 2.54. The van der Waals surface area contributed by atoms with Crippen molar-refractivity contribution in [3.63, 3.8) is 0 Å². The summed E-state index contributed by atoms with van der Waals surface area (Å²) in [6.45, 7) is 10.8. The van der Waals surface area contributed by atoms with Crippen molar-refractivity contribution >= 4 is 11.7 Å². The second kappa shape index (κ2) is 7.52. The molecule has 0 aliphatic carbocycles. The average molecular weight is 303 g/mol. The normalized spacial score (nSPS) is 15.1. The number of amides is 2. The van der Waals surface area contributed by atoms with E-state index in [1.165, 1.54) is 16.8 Å². The number of hydrogen-bond donors (Lipinski definition) is 0. The summed E-state index contributed by atoms with van der Waals surface area (Å²) >= 11 is 0. The third-order valence-electron chi connectivity index (χ3n) is 4.64. The Labute approximate surface area is 134 Å². The van der Waals surface area contributed by atoms with E-state index in [0.717, 1.165) is 45.6 Å². The fourth-order valence-corrected chi connectivity index (χ4v) is 2.95. The molecule has 22 heavy (non-hydrogen) atoms. The summed E-state index contributed by atoms with van der Waals surface area (Å²) in [6, 6.07) is 6.64. The molecule has 0 atom stereocenters. The van der Waals surface area contributed by atoms with Gasteiger partial charge in [0.05, 0.1) is 0 Å². The van der Waals surface area contributed by atoms with Crippen molar-refractivity contribution in [1.82, 2.24) is 9.80 Å². The van der Waals surface area contributed by atoms with Gasteiger partial charge in [-0.1, -0.05) is 25.5 Å². The molecule has 0 aromatic heterocycles. The Morgan fingerprint density at radius 3 is 2.50 bits per heavy atom. The van der Waals surface area contributed by atoms with Crippen LogP contribution in [0.3, 0.4) is 0 Å². The zero-order valence-corrected chi connectivity index (χ0v) is 14.4. The van der Waals surface area contributed by atoms with Crippen LogP contribution < -0.4 is 4.90 Å². The Kier molecular flexibility index (Phi) is 5.69. The van der Waals surface area contributed by atoms with E-state index in [2.05, 4.69) is 43.9 Å². The second-order valence-electron chi connectivity index (χ2n) is 6.25. The number of hydrogen-bond acceptors (Lipinski definition) is 2. The first-order valence-corrected chi connectivity index (χ1v) is 8.35. The summed E-state index contributed by atoms with van der Waals surface area (Å²) in [6.07, 6.45) is 2.20. The van der Waals surface area contributed by atoms with Crippen molar-refractivity contribution in [2.45, 2.75) is 33.6 Å². The molecule has 0 saturated carbocycles. The zero-order chi connectivity index (χ0) is 16.1. The Morgan fingerprint density at radius 2 is 1.86 bits per heavy atom. The summed E-state index contributed by atoms with van der Waals surface area (Å²) in [7, 11) is 1.91. The molecular weight excluding hydrogens is 274 g/mol. The van der Waals surface area contributed by atoms with Gasteiger partial charge in [0.1, 0.15) is 0 Å². The van der Waals surface area contributed by atoms with E-state index in [1.54, 1.807) is 0 Å². The van der Waals surface area contributed by atoms with Gasteiger partial charge < -0.3 is 14.7 Å². The maximum Gasteiger partial charge on any atom is 0.319 e. The topological polar surface area (TPSA) is 26.8 Å². The van der Waals surface area contributed by atoms with Crippen LogP contribution in [-0.4, -0.2) is 55.6 Å². The monoisotopic (exact) mass is 303 g/mol. The first kappa shape index (κ1) is 16.7. The Balaban J connectivity index is 1.93. The zero-order valence-electron chi connectivity index (χ0n) is 14.4. The van der Waals surface area contributed by atoms with E-state index in [1.807, 2.05) is 16.8 Å². The predicted molar refractivity (Wildman–Crippen MR) is 92.6 cm³/mol. The van der Waals surface area contributed by atoms with Crippen molar-refractivity contribution in [3.8, 4) is 0 Å². The molecule has 0 unspecified atom stereocenters. The third kappa shape index (κ3) is 3.73. The number of unbranched alkanes of at least 4 members (excludes halogenated alkanes) is 1. The molecular formula is C18H29N3O. The molecule has 1 heterocycles. The lowest BCUT2D eigenvalue weighted by Gasteiger charge is -2.38. The highest BCUT2D eigenvalue weighted by Crippen LogP contribution is 2.24. The van der Waals surface area contributed by atoms with E-state index in [4.69, 9.17) is 0 Å². The Morgan fingerprint density at radius 1 is 1.18 bits per heavy atom. The molecule has 2 rings (SSSR count). The van der Waals surface area contributed by atoms with E-state index in [0.29, 0.717) is 0 Å². The van der Waals surface area contributed by atoms with Gasteiger partial charge in [-0.05, 0) is 37.5 Å². The molecule has 4 heteroatoms. The molecule has 0 spiro atoms. The quantitative estimate of drug-likeness (QED) is 0.853. The highest BCUT2D eigenvalue weighted by Gasteiger charge is 2.24. The lowest BCUT2D eigenvalue weighted by atomic mass is 10.1. The number of aryl methyl sites for hydroxylation is 1. The van der Waals surface area contributed by atoms with E-state index < -0.39 is 0 Å². The number of rotatable bonds is 4.